The smallest absolute Gasteiger partial charge is 0.385 e. The fourth-order valence-electron chi connectivity index (χ4n) is 4.33. The Morgan fingerprint density at radius 1 is 1.26 bits per heavy atom. The monoisotopic (exact) mass is 596 g/mol. The molecule has 9 heteroatoms. The van der Waals surface area contributed by atoms with Gasteiger partial charge in [0.25, 0.3) is 0 Å². The summed E-state index contributed by atoms with van der Waals surface area (Å²) in [4.78, 5) is 14.2. The highest BCUT2D eigenvalue weighted by Crippen LogP contribution is 2.34. The zero-order chi connectivity index (χ0) is 24.6. The van der Waals surface area contributed by atoms with Crippen LogP contribution in [-0.4, -0.2) is 58.1 Å². The quantitative estimate of drug-likeness (QED) is 0.176. The van der Waals surface area contributed by atoms with Crippen molar-refractivity contribution in [1.82, 2.24) is 10.2 Å². The van der Waals surface area contributed by atoms with Gasteiger partial charge < -0.3 is 10.1 Å². The number of hydrogen-bond donors (Lipinski definition) is 1. The van der Waals surface area contributed by atoms with Crippen molar-refractivity contribution in [1.29, 1.82) is 0 Å². The third kappa shape index (κ3) is 8.41. The molecule has 0 bridgehead atoms. The Hall–Kier alpha value is -1.33. The summed E-state index contributed by atoms with van der Waals surface area (Å²) in [7, 11) is 1.64. The largest absolute Gasteiger partial charge is 0.416 e. The van der Waals surface area contributed by atoms with Gasteiger partial charge in [0.05, 0.1) is 5.56 Å². The van der Waals surface area contributed by atoms with E-state index in [1.807, 2.05) is 6.08 Å². The number of hydrogen-bond acceptors (Lipinski definition) is 3. The Morgan fingerprint density at radius 2 is 2.03 bits per heavy atom. The molecule has 1 aromatic carbocycles. The number of amides is 1. The Balaban J connectivity index is 1.41. The minimum absolute atomic E-state index is 0.0566. The highest BCUT2D eigenvalue weighted by Gasteiger charge is 2.31. The zero-order valence-corrected chi connectivity index (χ0v) is 21.6. The van der Waals surface area contributed by atoms with Crippen molar-refractivity contribution < 1.29 is 27.1 Å². The Kier molecular flexibility index (Phi) is 10.5. The van der Waals surface area contributed by atoms with E-state index < -0.39 is 17.6 Å². The number of nitrogens with one attached hydrogen (secondary N) is 1. The number of alkyl halides is 4. The molecule has 1 heterocycles. The van der Waals surface area contributed by atoms with E-state index in [1.165, 1.54) is 0 Å². The van der Waals surface area contributed by atoms with Crippen LogP contribution >= 0.6 is 20.7 Å². The number of nitrogens with zero attached hydrogens (tertiary/aromatic N) is 1. The molecular weight excluding hydrogens is 563 g/mol. The average molecular weight is 596 g/mol. The fourth-order valence-corrected chi connectivity index (χ4v) is 7.27. The second-order valence-corrected chi connectivity index (χ2v) is 12.2. The maximum absolute atomic E-state index is 14.2. The van der Waals surface area contributed by atoms with Gasteiger partial charge >= 0.3 is 6.18 Å². The van der Waals surface area contributed by atoms with E-state index in [-0.39, 0.29) is 38.2 Å². The summed E-state index contributed by atoms with van der Waals surface area (Å²) in [5.74, 6) is -0.490. The van der Waals surface area contributed by atoms with E-state index in [4.69, 9.17) is 4.74 Å². The van der Waals surface area contributed by atoms with Gasteiger partial charge in [-0.1, -0.05) is 6.08 Å². The average Bonchev–Trinajstić information content (AvgIpc) is 2.80. The van der Waals surface area contributed by atoms with E-state index in [0.29, 0.717) is 38.1 Å². The lowest BCUT2D eigenvalue weighted by molar-refractivity contribution is -0.137. The summed E-state index contributed by atoms with van der Waals surface area (Å²) >= 11 is -0.0566. The molecule has 4 nitrogen and oxygen atoms in total. The van der Waals surface area contributed by atoms with Crippen molar-refractivity contribution in [2.24, 2.45) is 0 Å². The molecule has 0 radical (unpaired) electrons. The molecule has 190 valence electrons. The molecule has 34 heavy (non-hydrogen) atoms. The first-order valence-electron chi connectivity index (χ1n) is 11.8. The van der Waals surface area contributed by atoms with E-state index in [9.17, 15) is 22.4 Å². The normalized spacial score (nSPS) is 22.3. The summed E-state index contributed by atoms with van der Waals surface area (Å²) in [6, 6.07) is 2.91. The molecule has 0 saturated heterocycles. The van der Waals surface area contributed by atoms with Gasteiger partial charge in [-0.15, -0.1) is 20.7 Å². The van der Waals surface area contributed by atoms with Gasteiger partial charge in [-0.3, -0.25) is 9.69 Å². The highest BCUT2D eigenvalue weighted by molar-refractivity contribution is 14.2. The van der Waals surface area contributed by atoms with Gasteiger partial charge in [0.2, 0.25) is 5.91 Å². The van der Waals surface area contributed by atoms with Gasteiger partial charge in [0.1, 0.15) is 5.82 Å². The molecule has 2 aliphatic rings. The maximum atomic E-state index is 14.2. The number of carbonyl (C=O) groups is 1. The van der Waals surface area contributed by atoms with Crippen LogP contribution in [0.1, 0.15) is 56.1 Å². The number of carbonyl (C=O) groups excluding carboxylic acids is 1. The first-order valence-corrected chi connectivity index (χ1v) is 14.3. The van der Waals surface area contributed by atoms with Gasteiger partial charge in [0.15, 0.2) is 0 Å². The van der Waals surface area contributed by atoms with Gasteiger partial charge in [-0.05, 0) is 66.3 Å². The van der Waals surface area contributed by atoms with E-state index in [1.54, 1.807) is 7.11 Å². The fraction of sp³-hybridized carbons (Fsp3) is 0.600. The third-order valence-corrected chi connectivity index (χ3v) is 9.47. The lowest BCUT2D eigenvalue weighted by atomic mass is 9.95. The third-order valence-electron chi connectivity index (χ3n) is 6.30. The topological polar surface area (TPSA) is 41.6 Å². The highest BCUT2D eigenvalue weighted by atomic mass is 127. The van der Waals surface area contributed by atoms with Crippen molar-refractivity contribution in [2.45, 2.75) is 61.1 Å². The molecular formula is C25H33F4IN2O2. The standard InChI is InChI=1S/C25H33F4IN2O2/c1-34-16-2-3-24(33)31-21-7-5-20(6-8-21)30-12-15-32-13-10-18(11-14-32)22-17-19(25(27,28)29)4-9-23(22)26/h4,9-10,12,17,20-21H,2-3,5-8,11,13-16H2,1H3,(H,31,33). The number of benzene rings is 1. The molecule has 1 fully saturated rings. The summed E-state index contributed by atoms with van der Waals surface area (Å²) in [6.07, 6.45) is 3.54. The van der Waals surface area contributed by atoms with Crippen LogP contribution in [0.2, 0.25) is 0 Å². The van der Waals surface area contributed by atoms with Gasteiger partial charge in [-0.2, -0.15) is 13.2 Å². The molecule has 0 atom stereocenters. The van der Waals surface area contributed by atoms with Crippen LogP contribution in [-0.2, 0) is 15.7 Å². The summed E-state index contributed by atoms with van der Waals surface area (Å²) in [5, 5.41) is 3.14. The first kappa shape index (κ1) is 27.3. The molecule has 0 aromatic heterocycles. The van der Waals surface area contributed by atoms with Crippen LogP contribution in [0.3, 0.4) is 0 Å². The number of rotatable bonds is 9. The van der Waals surface area contributed by atoms with Crippen LogP contribution in [0.25, 0.3) is 5.57 Å². The van der Waals surface area contributed by atoms with Crippen LogP contribution < -0.4 is 5.32 Å². The van der Waals surface area contributed by atoms with Crippen LogP contribution in [0.15, 0.2) is 24.3 Å². The molecule has 0 spiro atoms. The van der Waals surface area contributed by atoms with Gasteiger partial charge in [0, 0.05) is 55.3 Å². The second-order valence-electron chi connectivity index (χ2n) is 8.82. The molecule has 1 aliphatic heterocycles. The van der Waals surface area contributed by atoms with Gasteiger partial charge in [-0.25, -0.2) is 4.39 Å². The first-order chi connectivity index (χ1) is 16.3. The molecule has 0 unspecified atom stereocenters. The summed E-state index contributed by atoms with van der Waals surface area (Å²) in [6.45, 7) is 2.80. The molecule has 1 amide bonds. The molecule has 1 aliphatic carbocycles. The lowest BCUT2D eigenvalue weighted by Crippen LogP contribution is -2.37. The van der Waals surface area contributed by atoms with E-state index >= 15 is 0 Å². The number of methoxy groups -OCH3 is 1. The molecule has 1 N–H and O–H groups in total. The predicted octanol–water partition coefficient (Wildman–Crippen LogP) is 5.56. The summed E-state index contributed by atoms with van der Waals surface area (Å²) < 4.78 is 61.2. The van der Waals surface area contributed by atoms with Crippen molar-refractivity contribution in [3.63, 3.8) is 0 Å². The van der Waals surface area contributed by atoms with Crippen LogP contribution in [0.4, 0.5) is 17.6 Å². The molecule has 3 rings (SSSR count). The SMILES string of the molecule is COCCCC(=O)NC1CCC(I=CCN2CC=C(c3cc(C(F)(F)F)ccc3F)CC2)CC1. The molecule has 1 saturated carbocycles. The Labute approximate surface area is 208 Å². The van der Waals surface area contributed by atoms with Crippen molar-refractivity contribution in [3.8, 4) is 0 Å². The second kappa shape index (κ2) is 13.1. The van der Waals surface area contributed by atoms with Crippen LogP contribution in [0.5, 0.6) is 0 Å². The number of halogens is 5. The van der Waals surface area contributed by atoms with Crippen molar-refractivity contribution in [2.75, 3.05) is 33.4 Å². The molecule has 1 aromatic rings. The van der Waals surface area contributed by atoms with Crippen molar-refractivity contribution in [3.05, 3.63) is 41.2 Å². The Morgan fingerprint density at radius 3 is 2.68 bits per heavy atom. The minimum atomic E-state index is -4.48. The number of ether oxygens (including phenoxy) is 1. The maximum Gasteiger partial charge on any atom is 0.416 e. The minimum Gasteiger partial charge on any atom is -0.385 e. The van der Waals surface area contributed by atoms with E-state index in [2.05, 4.69) is 14.2 Å². The lowest BCUT2D eigenvalue weighted by Gasteiger charge is -2.28. The predicted molar refractivity (Wildman–Crippen MR) is 136 cm³/mol. The van der Waals surface area contributed by atoms with Crippen molar-refractivity contribution >= 4 is 36.2 Å². The Bertz CT molecular complexity index is 880. The van der Waals surface area contributed by atoms with E-state index in [0.717, 1.165) is 60.8 Å². The zero-order valence-electron chi connectivity index (χ0n) is 19.5. The van der Waals surface area contributed by atoms with Crippen LogP contribution in [0, 0.1) is 5.82 Å². The summed E-state index contributed by atoms with van der Waals surface area (Å²) in [5.41, 5.74) is -0.101.